The summed E-state index contributed by atoms with van der Waals surface area (Å²) in [6.45, 7) is 0. The summed E-state index contributed by atoms with van der Waals surface area (Å²) in [4.78, 5) is 11.7. The number of nitrogens with two attached hydrogens (primary N) is 1. The quantitative estimate of drug-likeness (QED) is 0.814. The first-order valence-corrected chi connectivity index (χ1v) is 9.92. The van der Waals surface area contributed by atoms with Crippen molar-refractivity contribution in [1.29, 1.82) is 0 Å². The minimum absolute atomic E-state index is 0.229. The molecule has 0 amide bonds. The van der Waals surface area contributed by atoms with E-state index < -0.39 is 10.0 Å². The summed E-state index contributed by atoms with van der Waals surface area (Å²) in [5, 5.41) is 12.5. The summed E-state index contributed by atoms with van der Waals surface area (Å²) in [5.41, 5.74) is 7.94. The summed E-state index contributed by atoms with van der Waals surface area (Å²) in [6, 6.07) is 7.67. The van der Waals surface area contributed by atoms with Gasteiger partial charge < -0.3 is 10.8 Å². The Kier molecular flexibility index (Phi) is 4.64. The van der Waals surface area contributed by atoms with Gasteiger partial charge >= 0.3 is 5.97 Å². The zero-order valence-electron chi connectivity index (χ0n) is 11.5. The van der Waals surface area contributed by atoms with Gasteiger partial charge in [-0.15, -0.1) is 34.9 Å². The number of nitrogen functional groups attached to an aromatic ring is 1. The number of benzene rings is 1. The average molecular weight is 372 g/mol. The summed E-state index contributed by atoms with van der Waals surface area (Å²) in [6.07, 6.45) is 1.11. The van der Waals surface area contributed by atoms with Crippen LogP contribution in [0, 0.1) is 0 Å². The van der Waals surface area contributed by atoms with Gasteiger partial charge in [-0.3, -0.25) is 0 Å². The molecule has 1 aliphatic rings. The second-order valence-electron chi connectivity index (χ2n) is 4.87. The van der Waals surface area contributed by atoms with Crippen LogP contribution in [0.4, 0.5) is 5.00 Å². The van der Waals surface area contributed by atoms with Crippen molar-refractivity contribution < 1.29 is 9.90 Å². The van der Waals surface area contributed by atoms with Crippen LogP contribution >= 0.6 is 46.5 Å². The number of aromatic carboxylic acids is 1. The fourth-order valence-corrected chi connectivity index (χ4v) is 7.12. The summed E-state index contributed by atoms with van der Waals surface area (Å²) in [7, 11) is 0. The standard InChI is InChI=1S/C15H14ClNO2S3/c16-10-4-1-3-9(7-10)15(21-5-2-6-22-15)11-8-20-13(17)12(11)14(18)19/h1,3-4,7-8H,2,5-6,17H2,(H,18,19). The van der Waals surface area contributed by atoms with Crippen molar-refractivity contribution in [2.45, 2.75) is 10.5 Å². The minimum Gasteiger partial charge on any atom is -0.478 e. The Morgan fingerprint density at radius 3 is 2.68 bits per heavy atom. The molecule has 1 aliphatic heterocycles. The van der Waals surface area contributed by atoms with E-state index in [1.54, 1.807) is 23.5 Å². The van der Waals surface area contributed by atoms with E-state index in [0.29, 0.717) is 10.0 Å². The van der Waals surface area contributed by atoms with Crippen molar-refractivity contribution in [2.75, 3.05) is 17.2 Å². The molecule has 0 atom stereocenters. The molecule has 1 saturated heterocycles. The molecule has 3 N–H and O–H groups in total. The Morgan fingerprint density at radius 2 is 2.05 bits per heavy atom. The fraction of sp³-hybridized carbons (Fsp3) is 0.267. The van der Waals surface area contributed by atoms with Gasteiger partial charge in [0.15, 0.2) is 0 Å². The number of halogens is 1. The van der Waals surface area contributed by atoms with Gasteiger partial charge in [0.1, 0.15) is 9.08 Å². The summed E-state index contributed by atoms with van der Waals surface area (Å²) < 4.78 is -0.453. The highest BCUT2D eigenvalue weighted by atomic mass is 35.5. The third kappa shape index (κ3) is 2.73. The Labute approximate surface area is 146 Å². The van der Waals surface area contributed by atoms with Crippen LogP contribution in [0.25, 0.3) is 0 Å². The third-order valence-electron chi connectivity index (χ3n) is 3.49. The van der Waals surface area contributed by atoms with Gasteiger partial charge in [-0.05, 0) is 41.0 Å². The van der Waals surface area contributed by atoms with E-state index in [9.17, 15) is 9.90 Å². The Bertz CT molecular complexity index is 711. The van der Waals surface area contributed by atoms with E-state index in [0.717, 1.165) is 29.1 Å². The van der Waals surface area contributed by atoms with Gasteiger partial charge in [-0.1, -0.05) is 23.7 Å². The average Bonchev–Trinajstić information content (AvgIpc) is 2.90. The molecule has 116 valence electrons. The van der Waals surface area contributed by atoms with Crippen LogP contribution in [0.5, 0.6) is 0 Å². The van der Waals surface area contributed by atoms with Crippen LogP contribution in [-0.4, -0.2) is 22.6 Å². The lowest BCUT2D eigenvalue weighted by molar-refractivity contribution is 0.0697. The van der Waals surface area contributed by atoms with Gasteiger partial charge in [0.25, 0.3) is 0 Å². The van der Waals surface area contributed by atoms with Gasteiger partial charge in [0, 0.05) is 10.6 Å². The van der Waals surface area contributed by atoms with Crippen molar-refractivity contribution in [1.82, 2.24) is 0 Å². The van der Waals surface area contributed by atoms with Crippen LogP contribution in [-0.2, 0) is 4.08 Å². The van der Waals surface area contributed by atoms with E-state index in [1.807, 2.05) is 29.6 Å². The second kappa shape index (κ2) is 6.35. The third-order valence-corrected chi connectivity index (χ3v) is 7.96. The highest BCUT2D eigenvalue weighted by molar-refractivity contribution is 8.18. The number of anilines is 1. The molecule has 0 aliphatic carbocycles. The van der Waals surface area contributed by atoms with E-state index in [1.165, 1.54) is 11.3 Å². The van der Waals surface area contributed by atoms with Crippen LogP contribution < -0.4 is 5.73 Å². The predicted molar refractivity (Wildman–Crippen MR) is 97.5 cm³/mol. The smallest absolute Gasteiger partial charge is 0.339 e. The van der Waals surface area contributed by atoms with E-state index in [2.05, 4.69) is 0 Å². The molecular formula is C15H14ClNO2S3. The van der Waals surface area contributed by atoms with Crippen molar-refractivity contribution >= 4 is 57.4 Å². The highest BCUT2D eigenvalue weighted by Crippen LogP contribution is 2.57. The molecule has 0 radical (unpaired) electrons. The number of hydrogen-bond donors (Lipinski definition) is 2. The van der Waals surface area contributed by atoms with Gasteiger partial charge in [0.05, 0.1) is 5.56 Å². The van der Waals surface area contributed by atoms with E-state index in [-0.39, 0.29) is 5.56 Å². The maximum absolute atomic E-state index is 11.7. The Balaban J connectivity index is 2.21. The molecule has 7 heteroatoms. The maximum Gasteiger partial charge on any atom is 0.339 e. The van der Waals surface area contributed by atoms with Crippen molar-refractivity contribution in [3.63, 3.8) is 0 Å². The SMILES string of the molecule is Nc1scc(C2(c3cccc(Cl)c3)SCCCS2)c1C(=O)O. The van der Waals surface area contributed by atoms with E-state index in [4.69, 9.17) is 17.3 Å². The summed E-state index contributed by atoms with van der Waals surface area (Å²) in [5.74, 6) is 0.991. The zero-order valence-corrected chi connectivity index (χ0v) is 14.7. The predicted octanol–water partition coefficient (Wildman–Crippen LogP) is 4.75. The van der Waals surface area contributed by atoms with Crippen LogP contribution in [0.15, 0.2) is 29.6 Å². The number of thioether (sulfide) groups is 2. The lowest BCUT2D eigenvalue weighted by Gasteiger charge is -2.37. The first kappa shape index (κ1) is 16.1. The minimum atomic E-state index is -0.970. The van der Waals surface area contributed by atoms with Crippen molar-refractivity contribution in [3.05, 3.63) is 51.4 Å². The summed E-state index contributed by atoms with van der Waals surface area (Å²) >= 11 is 11.0. The molecular weight excluding hydrogens is 358 g/mol. The normalized spacial score (nSPS) is 17.3. The first-order valence-electron chi connectivity index (χ1n) is 6.69. The molecule has 2 aromatic rings. The topological polar surface area (TPSA) is 63.3 Å². The van der Waals surface area contributed by atoms with Crippen molar-refractivity contribution in [3.8, 4) is 0 Å². The fourth-order valence-electron chi connectivity index (χ4n) is 2.54. The number of carbonyl (C=O) groups is 1. The lowest BCUT2D eigenvalue weighted by atomic mass is 10.0. The first-order chi connectivity index (χ1) is 10.5. The number of rotatable bonds is 3. The molecule has 0 saturated carbocycles. The molecule has 1 aromatic heterocycles. The zero-order chi connectivity index (χ0) is 15.7. The highest BCUT2D eigenvalue weighted by Gasteiger charge is 2.42. The van der Waals surface area contributed by atoms with Crippen LogP contribution in [0.2, 0.25) is 5.02 Å². The molecule has 0 bridgehead atoms. The molecule has 2 heterocycles. The van der Waals surface area contributed by atoms with Gasteiger partial charge in [-0.2, -0.15) is 0 Å². The second-order valence-corrected chi connectivity index (χ2v) is 9.10. The van der Waals surface area contributed by atoms with Gasteiger partial charge in [-0.25, -0.2) is 4.79 Å². The Morgan fingerprint density at radius 1 is 1.32 bits per heavy atom. The number of thiophene rings is 1. The molecule has 22 heavy (non-hydrogen) atoms. The molecule has 1 aromatic carbocycles. The van der Waals surface area contributed by atoms with Crippen molar-refractivity contribution in [2.24, 2.45) is 0 Å². The molecule has 0 spiro atoms. The van der Waals surface area contributed by atoms with Crippen LogP contribution in [0.3, 0.4) is 0 Å². The molecule has 3 rings (SSSR count). The molecule has 1 fully saturated rings. The van der Waals surface area contributed by atoms with Crippen LogP contribution in [0.1, 0.15) is 27.9 Å². The molecule has 3 nitrogen and oxygen atoms in total. The number of carboxylic acids is 1. The number of hydrogen-bond acceptors (Lipinski definition) is 5. The maximum atomic E-state index is 11.7. The number of carboxylic acid groups (broad SMARTS) is 1. The Hall–Kier alpha value is -0.820. The van der Waals surface area contributed by atoms with E-state index >= 15 is 0 Å². The lowest BCUT2D eigenvalue weighted by Crippen LogP contribution is -2.26. The molecule has 0 unspecified atom stereocenters. The monoisotopic (exact) mass is 371 g/mol. The largest absolute Gasteiger partial charge is 0.478 e. The van der Waals surface area contributed by atoms with Gasteiger partial charge in [0.2, 0.25) is 0 Å².